The van der Waals surface area contributed by atoms with Crippen LogP contribution in [0.3, 0.4) is 0 Å². The highest BCUT2D eigenvalue weighted by Crippen LogP contribution is 2.44. The molecule has 0 aromatic carbocycles. The van der Waals surface area contributed by atoms with E-state index in [9.17, 15) is 28.8 Å². The van der Waals surface area contributed by atoms with Gasteiger partial charge >= 0.3 is 17.9 Å². The summed E-state index contributed by atoms with van der Waals surface area (Å²) in [5.74, 6) is -1.50. The van der Waals surface area contributed by atoms with E-state index in [1.165, 1.54) is 18.0 Å². The fraction of sp³-hybridized carbons (Fsp3) is 0.680. The predicted molar refractivity (Wildman–Crippen MR) is 197 cm³/mol. The molecule has 49 heavy (non-hydrogen) atoms. The Morgan fingerprint density at radius 3 is 2.29 bits per heavy atom. The SMILES string of the molecule is [B]B([B])B([B])B(B([B])[B])B1CC1CC(C(=O)NC(C)(C)COC(=O)OC)N(CCNC(=O)OC(C)(C)C)C(=O)Cn1cc(C)c(=O)[nH]c1=O. The van der Waals surface area contributed by atoms with Crippen molar-refractivity contribution in [3.05, 3.63) is 32.6 Å². The van der Waals surface area contributed by atoms with Gasteiger partial charge in [0.1, 0.15) is 24.8 Å². The molecule has 0 spiro atoms. The van der Waals surface area contributed by atoms with Crippen molar-refractivity contribution in [1.82, 2.24) is 25.1 Å². The molecule has 14 nitrogen and oxygen atoms in total. The van der Waals surface area contributed by atoms with E-state index >= 15 is 0 Å². The van der Waals surface area contributed by atoms with Crippen LogP contribution in [0.5, 0.6) is 0 Å². The van der Waals surface area contributed by atoms with Crippen LogP contribution in [0, 0.1) is 6.92 Å². The monoisotopic (exact) mass is 663 g/mol. The van der Waals surface area contributed by atoms with Gasteiger partial charge in [0.2, 0.25) is 11.8 Å². The van der Waals surface area contributed by atoms with Crippen LogP contribution in [0.15, 0.2) is 15.8 Å². The largest absolute Gasteiger partial charge is 0.508 e. The maximum atomic E-state index is 14.1. The van der Waals surface area contributed by atoms with Crippen LogP contribution in [0.4, 0.5) is 9.59 Å². The molecule has 0 saturated carbocycles. The molecule has 0 aliphatic carbocycles. The van der Waals surface area contributed by atoms with E-state index in [0.717, 1.165) is 11.7 Å². The quantitative estimate of drug-likeness (QED) is 0.124. The number of carbonyl (C=O) groups excluding carboxylic acids is 4. The van der Waals surface area contributed by atoms with Crippen molar-refractivity contribution in [2.75, 3.05) is 26.8 Å². The normalized spacial score (nSPS) is 14.5. The van der Waals surface area contributed by atoms with Gasteiger partial charge < -0.3 is 29.7 Å². The van der Waals surface area contributed by atoms with Crippen LogP contribution in [-0.2, 0) is 30.3 Å². The number of nitrogens with zero attached hydrogens (tertiary/aromatic N) is 2. The first-order chi connectivity index (χ1) is 22.6. The molecule has 0 bridgehead atoms. The van der Waals surface area contributed by atoms with Crippen LogP contribution < -0.4 is 21.9 Å². The molecule has 1 fully saturated rings. The Morgan fingerprint density at radius 1 is 1.10 bits per heavy atom. The number of aryl methyl sites for hydroxylation is 1. The summed E-state index contributed by atoms with van der Waals surface area (Å²) in [6.45, 7) is 8.45. The minimum absolute atomic E-state index is 0.0952. The fourth-order valence-corrected chi connectivity index (χ4v) is 5.53. The summed E-state index contributed by atoms with van der Waals surface area (Å²) in [6.07, 6.45) is -2.85. The molecule has 2 unspecified atom stereocenters. The van der Waals surface area contributed by atoms with Gasteiger partial charge in [-0.05, 0) is 48.0 Å². The molecule has 2 heterocycles. The van der Waals surface area contributed by atoms with E-state index in [-0.39, 0.29) is 44.1 Å². The average Bonchev–Trinajstić information content (AvgIpc) is 3.72. The number of nitrogens with one attached hydrogen (secondary N) is 3. The smallest absolute Gasteiger partial charge is 0.444 e. The number of hydrogen-bond donors (Lipinski definition) is 3. The second-order valence-corrected chi connectivity index (χ2v) is 14.1. The predicted octanol–water partition coefficient (Wildman–Crippen LogP) is -2.87. The third-order valence-electron chi connectivity index (χ3n) is 8.02. The number of carbonyl (C=O) groups is 4. The van der Waals surface area contributed by atoms with Gasteiger partial charge in [0.15, 0.2) is 0 Å². The Labute approximate surface area is 296 Å². The second kappa shape index (κ2) is 17.6. The molecule has 1 aromatic heterocycles. The number of hydrogen-bond acceptors (Lipinski definition) is 9. The number of amides is 3. The summed E-state index contributed by atoms with van der Waals surface area (Å²) in [4.78, 5) is 80.2. The maximum absolute atomic E-state index is 14.1. The van der Waals surface area contributed by atoms with Crippen molar-refractivity contribution in [2.24, 2.45) is 0 Å². The van der Waals surface area contributed by atoms with E-state index in [1.807, 2.05) is 0 Å². The number of aromatic nitrogens is 2. The number of H-pyrrole nitrogens is 1. The van der Waals surface area contributed by atoms with Crippen molar-refractivity contribution < 1.29 is 33.4 Å². The molecule has 1 aliphatic rings. The van der Waals surface area contributed by atoms with Crippen LogP contribution in [0.25, 0.3) is 0 Å². The zero-order valence-corrected chi connectivity index (χ0v) is 29.3. The molecular formula is C25H39B10N5O9. The highest BCUT2D eigenvalue weighted by atomic mass is 16.7. The van der Waals surface area contributed by atoms with E-state index in [2.05, 4.69) is 20.4 Å². The lowest BCUT2D eigenvalue weighted by Gasteiger charge is -2.35. The van der Waals surface area contributed by atoms with Gasteiger partial charge in [-0.3, -0.25) is 23.9 Å². The highest BCUT2D eigenvalue weighted by Gasteiger charge is 2.51. The molecule has 2 atom stereocenters. The Balaban J connectivity index is 2.50. The summed E-state index contributed by atoms with van der Waals surface area (Å²) in [6, 6.07) is -1.18. The van der Waals surface area contributed by atoms with Gasteiger partial charge in [-0.15, -0.1) is 0 Å². The van der Waals surface area contributed by atoms with Crippen LogP contribution in [0.2, 0.25) is 12.1 Å². The van der Waals surface area contributed by atoms with Gasteiger partial charge in [0, 0.05) is 89.1 Å². The number of rotatable bonds is 16. The molecule has 24 heteroatoms. The zero-order chi connectivity index (χ0) is 37.4. The van der Waals surface area contributed by atoms with Crippen LogP contribution in [-0.4, -0.2) is 153 Å². The standard InChI is InChI=1S/C25H39B10N5O9/c1-15-12-39(21(44)37-19(15)42)13-18(41)40(9-8-36-22(45)49-24(2,3)4)17(20(43)38-25(5,6)14-48-23(46)47-7)10-16-11-31(16)35(33(28)29)34(30)32(26)27/h12,16-17H,8-11,13-14H2,1-7H3,(H,36,45)(H,38,43)(H,37,42,44). The van der Waals surface area contributed by atoms with Gasteiger partial charge in [-0.2, -0.15) is 0 Å². The Morgan fingerprint density at radius 2 is 1.73 bits per heavy atom. The van der Waals surface area contributed by atoms with E-state index in [4.69, 9.17) is 48.2 Å². The van der Waals surface area contributed by atoms with E-state index in [0.29, 0.717) is 6.32 Å². The summed E-state index contributed by atoms with van der Waals surface area (Å²) in [7, 11) is 31.3. The molecule has 248 valence electrons. The van der Waals surface area contributed by atoms with Crippen molar-refractivity contribution >= 4 is 94.9 Å². The number of alkyl carbamates (subject to hydrolysis) is 1. The molecule has 10 radical (unpaired) electrons. The van der Waals surface area contributed by atoms with Crippen molar-refractivity contribution in [3.8, 4) is 0 Å². The average molecular weight is 662 g/mol. The first kappa shape index (κ1) is 42.0. The third-order valence-corrected chi connectivity index (χ3v) is 8.02. The van der Waals surface area contributed by atoms with Crippen LogP contribution in [0.1, 0.15) is 46.6 Å². The van der Waals surface area contributed by atoms with Gasteiger partial charge in [0.25, 0.3) is 5.56 Å². The van der Waals surface area contributed by atoms with E-state index in [1.54, 1.807) is 34.6 Å². The van der Waals surface area contributed by atoms with Gasteiger partial charge in [-0.25, -0.2) is 14.4 Å². The first-order valence-electron chi connectivity index (χ1n) is 15.9. The summed E-state index contributed by atoms with van der Waals surface area (Å²) in [5.41, 5.74) is -3.17. The lowest BCUT2D eigenvalue weighted by molar-refractivity contribution is -0.142. The molecular weight excluding hydrogens is 622 g/mol. The molecule has 3 amide bonds. The number of ether oxygens (including phenoxy) is 3. The van der Waals surface area contributed by atoms with Crippen molar-refractivity contribution in [1.29, 1.82) is 0 Å². The zero-order valence-electron chi connectivity index (χ0n) is 29.3. The topological polar surface area (TPSA) is 178 Å². The fourth-order valence-electron chi connectivity index (χ4n) is 5.53. The number of methoxy groups -OCH3 is 1. The lowest BCUT2D eigenvalue weighted by atomic mass is 8.57. The van der Waals surface area contributed by atoms with E-state index < -0.39 is 84.6 Å². The second-order valence-electron chi connectivity index (χ2n) is 14.1. The highest BCUT2D eigenvalue weighted by molar-refractivity contribution is 8.01. The summed E-state index contributed by atoms with van der Waals surface area (Å²) < 4.78 is 15.9. The third kappa shape index (κ3) is 13.2. The van der Waals surface area contributed by atoms with Crippen molar-refractivity contribution in [3.63, 3.8) is 0 Å². The summed E-state index contributed by atoms with van der Waals surface area (Å²) >= 11 is 0. The lowest BCUT2D eigenvalue weighted by Crippen LogP contribution is -2.63. The Bertz CT molecular complexity index is 1460. The van der Waals surface area contributed by atoms with Crippen LogP contribution >= 0.6 is 0 Å². The minimum Gasteiger partial charge on any atom is -0.444 e. The minimum atomic E-state index is -1.18. The maximum Gasteiger partial charge on any atom is 0.508 e. The summed E-state index contributed by atoms with van der Waals surface area (Å²) in [5, 5.41) is 5.41. The first-order valence-corrected chi connectivity index (χ1v) is 15.9. The van der Waals surface area contributed by atoms with Gasteiger partial charge in [0.05, 0.1) is 19.3 Å². The molecule has 1 aliphatic heterocycles. The molecule has 1 aromatic rings. The molecule has 2 rings (SSSR count). The van der Waals surface area contributed by atoms with Crippen molar-refractivity contribution in [2.45, 2.75) is 83.8 Å². The molecule has 1 saturated heterocycles. The Kier molecular flexibility index (Phi) is 15.1. The molecule has 3 N–H and O–H groups in total. The Hall–Kier alpha value is -3.19. The van der Waals surface area contributed by atoms with Gasteiger partial charge in [-0.1, -0.05) is 12.1 Å². The number of aromatic amines is 1.